The van der Waals surface area contributed by atoms with Crippen LogP contribution in [-0.2, 0) is 11.3 Å². The fourth-order valence-electron chi connectivity index (χ4n) is 2.18. The highest BCUT2D eigenvalue weighted by Crippen LogP contribution is 2.08. The Labute approximate surface area is 126 Å². The summed E-state index contributed by atoms with van der Waals surface area (Å²) in [6.07, 6.45) is 1.55. The third kappa shape index (κ3) is 6.23. The minimum Gasteiger partial charge on any atom is -0.353 e. The molecule has 1 rings (SSSR count). The molecule has 0 aliphatic heterocycles. The number of carbonyl (C=O) groups excluding carboxylic acids is 1. The molecule has 1 unspecified atom stereocenters. The number of rotatable bonds is 8. The number of nitrogens with one attached hydrogen (secondary N) is 1. The number of nitrogens with zero attached hydrogens (tertiary/aromatic N) is 1. The Morgan fingerprint density at radius 3 is 2.57 bits per heavy atom. The molecule has 1 amide bonds. The Bertz CT molecular complexity index is 445. The van der Waals surface area contributed by atoms with Crippen LogP contribution in [0.15, 0.2) is 24.3 Å². The van der Waals surface area contributed by atoms with Crippen molar-refractivity contribution in [2.75, 3.05) is 20.1 Å². The van der Waals surface area contributed by atoms with Gasteiger partial charge in [0.1, 0.15) is 5.82 Å². The summed E-state index contributed by atoms with van der Waals surface area (Å²) >= 11 is 0. The van der Waals surface area contributed by atoms with Crippen molar-refractivity contribution in [3.8, 4) is 0 Å². The Kier molecular flexibility index (Phi) is 6.78. The number of amides is 1. The molecule has 0 radical (unpaired) electrons. The predicted octanol–water partition coefficient (Wildman–Crippen LogP) is 1.89. The molecule has 0 aliphatic rings. The topological polar surface area (TPSA) is 58.4 Å². The number of hydrogen-bond donors (Lipinski definition) is 2. The van der Waals surface area contributed by atoms with Crippen LogP contribution >= 0.6 is 0 Å². The first-order valence-corrected chi connectivity index (χ1v) is 7.35. The highest BCUT2D eigenvalue weighted by Gasteiger charge is 2.26. The van der Waals surface area contributed by atoms with Crippen LogP contribution < -0.4 is 11.1 Å². The van der Waals surface area contributed by atoms with E-state index in [1.54, 1.807) is 19.1 Å². The first kappa shape index (κ1) is 17.6. The van der Waals surface area contributed by atoms with Gasteiger partial charge in [0, 0.05) is 19.6 Å². The lowest BCUT2D eigenvalue weighted by Crippen LogP contribution is -2.52. The van der Waals surface area contributed by atoms with Gasteiger partial charge in [-0.3, -0.25) is 4.79 Å². The van der Waals surface area contributed by atoms with Gasteiger partial charge in [0.15, 0.2) is 0 Å². The number of hydrogen-bond acceptors (Lipinski definition) is 3. The average molecular weight is 295 g/mol. The van der Waals surface area contributed by atoms with Crippen LogP contribution in [0.1, 0.15) is 32.3 Å². The van der Waals surface area contributed by atoms with Gasteiger partial charge in [-0.15, -0.1) is 0 Å². The highest BCUT2D eigenvalue weighted by atomic mass is 19.1. The second-order valence-electron chi connectivity index (χ2n) is 5.79. The summed E-state index contributed by atoms with van der Waals surface area (Å²) in [7, 11) is 1.96. The van der Waals surface area contributed by atoms with Gasteiger partial charge in [0.05, 0.1) is 5.54 Å². The minimum absolute atomic E-state index is 0.112. The smallest absolute Gasteiger partial charge is 0.239 e. The molecule has 3 N–H and O–H groups in total. The molecule has 0 spiro atoms. The van der Waals surface area contributed by atoms with E-state index >= 15 is 0 Å². The first-order chi connectivity index (χ1) is 9.85. The van der Waals surface area contributed by atoms with E-state index in [9.17, 15) is 9.18 Å². The molecule has 118 valence electrons. The summed E-state index contributed by atoms with van der Waals surface area (Å²) in [5, 5.41) is 2.87. The van der Waals surface area contributed by atoms with Crippen LogP contribution in [-0.4, -0.2) is 36.5 Å². The molecule has 0 aliphatic carbocycles. The number of halogens is 1. The maximum atomic E-state index is 12.8. The fraction of sp³-hybridized carbons (Fsp3) is 0.562. The van der Waals surface area contributed by atoms with Gasteiger partial charge in [-0.2, -0.15) is 0 Å². The predicted molar refractivity (Wildman–Crippen MR) is 83.2 cm³/mol. The quantitative estimate of drug-likeness (QED) is 0.770. The van der Waals surface area contributed by atoms with Crippen molar-refractivity contribution in [1.82, 2.24) is 10.2 Å². The number of carbonyl (C=O) groups is 1. The summed E-state index contributed by atoms with van der Waals surface area (Å²) in [6, 6.07) is 6.44. The minimum atomic E-state index is -0.801. The number of likely N-dealkylation sites (N-methyl/N-ethyl adjacent to an activating group) is 1. The van der Waals surface area contributed by atoms with E-state index < -0.39 is 5.54 Å². The third-order valence-corrected chi connectivity index (χ3v) is 3.43. The molecular formula is C16H26FN3O. The van der Waals surface area contributed by atoms with Crippen LogP contribution in [0.25, 0.3) is 0 Å². The van der Waals surface area contributed by atoms with Gasteiger partial charge in [-0.1, -0.05) is 25.5 Å². The second-order valence-corrected chi connectivity index (χ2v) is 5.79. The van der Waals surface area contributed by atoms with Crippen molar-refractivity contribution in [1.29, 1.82) is 0 Å². The molecular weight excluding hydrogens is 269 g/mol. The van der Waals surface area contributed by atoms with E-state index in [2.05, 4.69) is 10.2 Å². The first-order valence-electron chi connectivity index (χ1n) is 7.35. The summed E-state index contributed by atoms with van der Waals surface area (Å²) in [4.78, 5) is 14.0. The molecule has 5 heteroatoms. The molecule has 0 saturated heterocycles. The van der Waals surface area contributed by atoms with E-state index in [1.807, 2.05) is 14.0 Å². The van der Waals surface area contributed by atoms with Gasteiger partial charge < -0.3 is 16.0 Å². The van der Waals surface area contributed by atoms with E-state index in [0.29, 0.717) is 26.1 Å². The van der Waals surface area contributed by atoms with E-state index in [1.165, 1.54) is 12.1 Å². The Balaban J connectivity index is 2.32. The van der Waals surface area contributed by atoms with Crippen molar-refractivity contribution < 1.29 is 9.18 Å². The van der Waals surface area contributed by atoms with E-state index in [0.717, 1.165) is 12.0 Å². The highest BCUT2D eigenvalue weighted by molar-refractivity contribution is 5.85. The molecule has 0 bridgehead atoms. The summed E-state index contributed by atoms with van der Waals surface area (Å²) in [5.41, 5.74) is 6.20. The molecule has 1 aromatic carbocycles. The number of benzene rings is 1. The van der Waals surface area contributed by atoms with E-state index in [4.69, 9.17) is 5.73 Å². The zero-order valence-electron chi connectivity index (χ0n) is 13.2. The molecule has 0 aromatic heterocycles. The molecule has 21 heavy (non-hydrogen) atoms. The summed E-state index contributed by atoms with van der Waals surface area (Å²) in [6.45, 7) is 5.74. The monoisotopic (exact) mass is 295 g/mol. The lowest BCUT2D eigenvalue weighted by molar-refractivity contribution is -0.126. The van der Waals surface area contributed by atoms with Crippen molar-refractivity contribution >= 4 is 5.91 Å². The van der Waals surface area contributed by atoms with Gasteiger partial charge in [0.2, 0.25) is 5.91 Å². The zero-order valence-corrected chi connectivity index (χ0v) is 13.2. The fourth-order valence-corrected chi connectivity index (χ4v) is 2.18. The molecule has 1 aromatic rings. The standard InChI is InChI=1S/C16H26FN3O/c1-4-9-16(2,18)15(21)19-10-11-20(3)12-13-5-7-14(17)8-6-13/h5-8H,4,9-12,18H2,1-3H3,(H,19,21). The molecule has 0 heterocycles. The largest absolute Gasteiger partial charge is 0.353 e. The SMILES string of the molecule is CCCC(C)(N)C(=O)NCCN(C)Cc1ccc(F)cc1. The van der Waals surface area contributed by atoms with Gasteiger partial charge in [-0.05, 0) is 38.1 Å². The van der Waals surface area contributed by atoms with Crippen LogP contribution in [0.3, 0.4) is 0 Å². The average Bonchev–Trinajstić information content (AvgIpc) is 2.41. The van der Waals surface area contributed by atoms with Crippen LogP contribution in [0, 0.1) is 5.82 Å². The maximum Gasteiger partial charge on any atom is 0.239 e. The van der Waals surface area contributed by atoms with Gasteiger partial charge in [-0.25, -0.2) is 4.39 Å². The van der Waals surface area contributed by atoms with Crippen molar-refractivity contribution in [3.05, 3.63) is 35.6 Å². The lowest BCUT2D eigenvalue weighted by Gasteiger charge is -2.24. The van der Waals surface area contributed by atoms with Gasteiger partial charge >= 0.3 is 0 Å². The molecule has 4 nitrogen and oxygen atoms in total. The van der Waals surface area contributed by atoms with E-state index in [-0.39, 0.29) is 11.7 Å². The Morgan fingerprint density at radius 1 is 1.38 bits per heavy atom. The third-order valence-electron chi connectivity index (χ3n) is 3.43. The number of nitrogens with two attached hydrogens (primary N) is 1. The van der Waals surface area contributed by atoms with Gasteiger partial charge in [0.25, 0.3) is 0 Å². The second kappa shape index (κ2) is 8.10. The molecule has 0 fully saturated rings. The zero-order chi connectivity index (χ0) is 15.9. The molecule has 0 saturated carbocycles. The van der Waals surface area contributed by atoms with Crippen molar-refractivity contribution in [2.24, 2.45) is 5.73 Å². The lowest BCUT2D eigenvalue weighted by atomic mass is 9.97. The maximum absolute atomic E-state index is 12.8. The molecule has 1 atom stereocenters. The van der Waals surface area contributed by atoms with Crippen molar-refractivity contribution in [2.45, 2.75) is 38.8 Å². The normalized spacial score (nSPS) is 14.0. The summed E-state index contributed by atoms with van der Waals surface area (Å²) in [5.74, 6) is -0.341. The Morgan fingerprint density at radius 2 is 2.00 bits per heavy atom. The van der Waals surface area contributed by atoms with Crippen molar-refractivity contribution in [3.63, 3.8) is 0 Å². The van der Waals surface area contributed by atoms with Crippen LogP contribution in [0.5, 0.6) is 0 Å². The Hall–Kier alpha value is -1.46. The van der Waals surface area contributed by atoms with Crippen LogP contribution in [0.2, 0.25) is 0 Å². The summed E-state index contributed by atoms with van der Waals surface area (Å²) < 4.78 is 12.8. The van der Waals surface area contributed by atoms with Crippen LogP contribution in [0.4, 0.5) is 4.39 Å².